The van der Waals surface area contributed by atoms with Crippen molar-refractivity contribution >= 4 is 16.8 Å². The van der Waals surface area contributed by atoms with Crippen molar-refractivity contribution in [3.05, 3.63) is 52.6 Å². The lowest BCUT2D eigenvalue weighted by atomic mass is 9.84. The van der Waals surface area contributed by atoms with Gasteiger partial charge in [0.25, 0.3) is 0 Å². The van der Waals surface area contributed by atoms with E-state index in [9.17, 15) is 0 Å². The Balaban J connectivity index is 2.48. The lowest BCUT2D eigenvalue weighted by Crippen LogP contribution is -2.03. The van der Waals surface area contributed by atoms with Gasteiger partial charge in [0.15, 0.2) is 0 Å². The van der Waals surface area contributed by atoms with Crippen molar-refractivity contribution in [2.45, 2.75) is 33.1 Å². The highest BCUT2D eigenvalue weighted by molar-refractivity contribution is 5.95. The van der Waals surface area contributed by atoms with Gasteiger partial charge in [0.2, 0.25) is 0 Å². The van der Waals surface area contributed by atoms with Crippen LogP contribution in [0.15, 0.2) is 30.3 Å². The van der Waals surface area contributed by atoms with Crippen molar-refractivity contribution in [2.24, 2.45) is 0 Å². The maximum absolute atomic E-state index is 2.32. The average molecular weight is 222 g/mol. The van der Waals surface area contributed by atoms with Crippen LogP contribution in [0.3, 0.4) is 0 Å². The quantitative estimate of drug-likeness (QED) is 0.657. The molecule has 2 aromatic rings. The average Bonchev–Trinajstić information content (AvgIpc) is 2.40. The number of hydrogen-bond acceptors (Lipinski definition) is 0. The van der Waals surface area contributed by atoms with E-state index in [1.807, 2.05) is 0 Å². The summed E-state index contributed by atoms with van der Waals surface area (Å²) in [5.41, 5.74) is 6.11. The molecule has 1 aliphatic rings. The Hall–Kier alpha value is -1.56. The Bertz CT molecular complexity index is 603. The van der Waals surface area contributed by atoms with E-state index in [0.717, 1.165) is 6.42 Å². The third-order valence-corrected chi connectivity index (χ3v) is 3.96. The smallest absolute Gasteiger partial charge is 0.0106 e. The molecule has 0 nitrogen and oxygen atoms in total. The molecule has 0 atom stereocenters. The van der Waals surface area contributed by atoms with E-state index in [4.69, 9.17) is 0 Å². The summed E-state index contributed by atoms with van der Waals surface area (Å²) < 4.78 is 0. The van der Waals surface area contributed by atoms with Gasteiger partial charge in [0, 0.05) is 0 Å². The summed E-state index contributed by atoms with van der Waals surface area (Å²) >= 11 is 0. The SMILES string of the molecule is CCc1c2c(c3ccccc3c1C)C=CCC2. The van der Waals surface area contributed by atoms with Crippen molar-refractivity contribution in [1.29, 1.82) is 0 Å². The van der Waals surface area contributed by atoms with Crippen LogP contribution in [0.25, 0.3) is 16.8 Å². The highest BCUT2D eigenvalue weighted by Gasteiger charge is 2.15. The monoisotopic (exact) mass is 222 g/mol. The summed E-state index contributed by atoms with van der Waals surface area (Å²) in [4.78, 5) is 0. The van der Waals surface area contributed by atoms with Gasteiger partial charge in [-0.15, -0.1) is 0 Å². The molecule has 86 valence electrons. The minimum atomic E-state index is 1.15. The normalized spacial score (nSPS) is 14.0. The number of fused-ring (bicyclic) bond motifs is 3. The first kappa shape index (κ1) is 10.6. The predicted molar refractivity (Wildman–Crippen MR) is 75.4 cm³/mol. The molecule has 0 saturated carbocycles. The van der Waals surface area contributed by atoms with Crippen molar-refractivity contribution in [3.63, 3.8) is 0 Å². The van der Waals surface area contributed by atoms with Gasteiger partial charge in [0.1, 0.15) is 0 Å². The van der Waals surface area contributed by atoms with Gasteiger partial charge >= 0.3 is 0 Å². The Kier molecular flexibility index (Phi) is 2.51. The van der Waals surface area contributed by atoms with Crippen molar-refractivity contribution in [1.82, 2.24) is 0 Å². The molecule has 0 bridgehead atoms. The highest BCUT2D eigenvalue weighted by Crippen LogP contribution is 2.34. The van der Waals surface area contributed by atoms with Gasteiger partial charge < -0.3 is 0 Å². The molecule has 2 aromatic carbocycles. The number of allylic oxidation sites excluding steroid dienone is 1. The number of benzene rings is 2. The molecule has 0 fully saturated rings. The summed E-state index contributed by atoms with van der Waals surface area (Å²) in [5.74, 6) is 0. The Morgan fingerprint density at radius 1 is 1.12 bits per heavy atom. The fourth-order valence-corrected chi connectivity index (χ4v) is 3.14. The molecule has 17 heavy (non-hydrogen) atoms. The molecule has 0 saturated heterocycles. The second-order valence-corrected chi connectivity index (χ2v) is 4.84. The molecular weight excluding hydrogens is 204 g/mol. The van der Waals surface area contributed by atoms with Gasteiger partial charge in [-0.05, 0) is 59.2 Å². The van der Waals surface area contributed by atoms with Crippen LogP contribution in [0.4, 0.5) is 0 Å². The second kappa shape index (κ2) is 4.03. The molecule has 0 radical (unpaired) electrons. The molecule has 0 N–H and O–H groups in total. The lowest BCUT2D eigenvalue weighted by molar-refractivity contribution is 0.944. The Morgan fingerprint density at radius 3 is 2.65 bits per heavy atom. The van der Waals surface area contributed by atoms with Gasteiger partial charge in [0.05, 0.1) is 0 Å². The van der Waals surface area contributed by atoms with Crippen molar-refractivity contribution in [2.75, 3.05) is 0 Å². The molecule has 0 heteroatoms. The highest BCUT2D eigenvalue weighted by atomic mass is 14.2. The van der Waals surface area contributed by atoms with Crippen molar-refractivity contribution < 1.29 is 0 Å². The molecular formula is C17H18. The summed E-state index contributed by atoms with van der Waals surface area (Å²) in [7, 11) is 0. The summed E-state index contributed by atoms with van der Waals surface area (Å²) in [5, 5.41) is 2.85. The van der Waals surface area contributed by atoms with Gasteiger partial charge in [-0.2, -0.15) is 0 Å². The van der Waals surface area contributed by atoms with Gasteiger partial charge in [-0.25, -0.2) is 0 Å². The Morgan fingerprint density at radius 2 is 1.88 bits per heavy atom. The van der Waals surface area contributed by atoms with Crippen LogP contribution in [0.1, 0.15) is 35.6 Å². The summed E-state index contributed by atoms with van der Waals surface area (Å²) in [6.07, 6.45) is 8.18. The fraction of sp³-hybridized carbons (Fsp3) is 0.294. The molecule has 0 unspecified atom stereocenters. The zero-order chi connectivity index (χ0) is 11.8. The van der Waals surface area contributed by atoms with Gasteiger partial charge in [-0.3, -0.25) is 0 Å². The molecule has 0 aliphatic heterocycles. The zero-order valence-corrected chi connectivity index (χ0v) is 10.6. The molecule has 0 spiro atoms. The predicted octanol–water partition coefficient (Wildman–Crippen LogP) is 4.67. The first-order valence-electron chi connectivity index (χ1n) is 6.52. The van der Waals surface area contributed by atoms with Gasteiger partial charge in [-0.1, -0.05) is 43.3 Å². The van der Waals surface area contributed by atoms with Crippen LogP contribution >= 0.6 is 0 Å². The topological polar surface area (TPSA) is 0 Å². The van der Waals surface area contributed by atoms with Crippen LogP contribution < -0.4 is 0 Å². The van der Waals surface area contributed by atoms with Crippen LogP contribution in [-0.2, 0) is 12.8 Å². The second-order valence-electron chi connectivity index (χ2n) is 4.84. The molecule has 0 amide bonds. The fourth-order valence-electron chi connectivity index (χ4n) is 3.14. The Labute approximate surface area is 103 Å². The number of aryl methyl sites for hydroxylation is 1. The van der Waals surface area contributed by atoms with Crippen LogP contribution in [0.2, 0.25) is 0 Å². The minimum absolute atomic E-state index is 1.15. The number of hydrogen-bond donors (Lipinski definition) is 0. The van der Waals surface area contributed by atoms with E-state index in [2.05, 4.69) is 50.3 Å². The minimum Gasteiger partial charge on any atom is -0.0836 e. The molecule has 0 heterocycles. The van der Waals surface area contributed by atoms with E-state index in [1.54, 1.807) is 11.1 Å². The molecule has 3 rings (SSSR count). The first-order chi connectivity index (χ1) is 8.33. The number of rotatable bonds is 1. The first-order valence-corrected chi connectivity index (χ1v) is 6.52. The third kappa shape index (κ3) is 1.51. The zero-order valence-electron chi connectivity index (χ0n) is 10.6. The molecule has 1 aliphatic carbocycles. The van der Waals surface area contributed by atoms with Crippen LogP contribution in [0.5, 0.6) is 0 Å². The van der Waals surface area contributed by atoms with Crippen LogP contribution in [0, 0.1) is 6.92 Å². The molecule has 0 aromatic heterocycles. The standard InChI is InChI=1S/C17H18/c1-3-13-12(2)14-8-4-5-10-16(14)17-11-7-6-9-15(13)17/h4-5,7-8,10-11H,3,6,9H2,1-2H3. The summed E-state index contributed by atoms with van der Waals surface area (Å²) in [6, 6.07) is 8.81. The van der Waals surface area contributed by atoms with E-state index in [0.29, 0.717) is 0 Å². The maximum atomic E-state index is 2.32. The van der Waals surface area contributed by atoms with E-state index in [-0.39, 0.29) is 0 Å². The largest absolute Gasteiger partial charge is 0.0836 e. The summed E-state index contributed by atoms with van der Waals surface area (Å²) in [6.45, 7) is 4.55. The van der Waals surface area contributed by atoms with Crippen LogP contribution in [-0.4, -0.2) is 0 Å². The van der Waals surface area contributed by atoms with Crippen molar-refractivity contribution in [3.8, 4) is 0 Å². The van der Waals surface area contributed by atoms with E-state index in [1.165, 1.54) is 34.7 Å². The maximum Gasteiger partial charge on any atom is -0.0106 e. The third-order valence-electron chi connectivity index (χ3n) is 3.96. The van der Waals surface area contributed by atoms with E-state index >= 15 is 0 Å². The lowest BCUT2D eigenvalue weighted by Gasteiger charge is -2.20. The van der Waals surface area contributed by atoms with E-state index < -0.39 is 0 Å².